The molecule has 0 aromatic heterocycles. The molecule has 2 aliphatic carbocycles. The lowest BCUT2D eigenvalue weighted by atomic mass is 9.87. The summed E-state index contributed by atoms with van der Waals surface area (Å²) in [4.78, 5) is 11.8. The zero-order valence-electron chi connectivity index (χ0n) is 10.2. The van der Waals surface area contributed by atoms with Crippen LogP contribution in [-0.2, 0) is 4.79 Å². The molecule has 3 heteroatoms. The van der Waals surface area contributed by atoms with Gasteiger partial charge >= 0.3 is 0 Å². The van der Waals surface area contributed by atoms with Crippen LogP contribution in [0.1, 0.15) is 51.9 Å². The Kier molecular flexibility index (Phi) is 3.85. The Morgan fingerprint density at radius 2 is 2.12 bits per heavy atom. The summed E-state index contributed by atoms with van der Waals surface area (Å²) in [5, 5.41) is 3.14. The first-order chi connectivity index (χ1) is 7.65. The molecule has 0 aliphatic heterocycles. The zero-order valence-corrected chi connectivity index (χ0v) is 10.2. The van der Waals surface area contributed by atoms with Gasteiger partial charge in [-0.3, -0.25) is 4.79 Å². The van der Waals surface area contributed by atoms with E-state index in [1.54, 1.807) is 0 Å². The Bertz CT molecular complexity index is 250. The Hall–Kier alpha value is -0.570. The van der Waals surface area contributed by atoms with E-state index in [1.165, 1.54) is 25.7 Å². The molecule has 92 valence electrons. The fourth-order valence-electron chi connectivity index (χ4n) is 2.76. The largest absolute Gasteiger partial charge is 0.353 e. The summed E-state index contributed by atoms with van der Waals surface area (Å²) >= 11 is 0. The van der Waals surface area contributed by atoms with Crippen LogP contribution in [0.15, 0.2) is 0 Å². The van der Waals surface area contributed by atoms with Crippen LogP contribution in [0.2, 0.25) is 0 Å². The first-order valence-corrected chi connectivity index (χ1v) is 6.70. The molecule has 0 heterocycles. The molecule has 16 heavy (non-hydrogen) atoms. The van der Waals surface area contributed by atoms with Crippen LogP contribution < -0.4 is 11.1 Å². The molecule has 0 spiro atoms. The summed E-state index contributed by atoms with van der Waals surface area (Å²) in [6.45, 7) is 2.27. The van der Waals surface area contributed by atoms with Crippen LogP contribution in [0.4, 0.5) is 0 Å². The number of hydrogen-bond acceptors (Lipinski definition) is 2. The van der Waals surface area contributed by atoms with Crippen molar-refractivity contribution in [2.45, 2.75) is 64.0 Å². The number of carbonyl (C=O) groups excluding carboxylic acids is 1. The normalized spacial score (nSPS) is 32.1. The van der Waals surface area contributed by atoms with Crippen molar-refractivity contribution < 1.29 is 4.79 Å². The van der Waals surface area contributed by atoms with Gasteiger partial charge < -0.3 is 11.1 Å². The summed E-state index contributed by atoms with van der Waals surface area (Å²) in [5.74, 6) is 1.55. The standard InChI is InChI=1S/C13H24N2O/c1-9-3-2-4-11(7-9)15-13(16)8-12(14)10-5-6-10/h9-12H,2-8,14H2,1H3,(H,15,16). The van der Waals surface area contributed by atoms with Gasteiger partial charge in [0.2, 0.25) is 5.91 Å². The predicted molar refractivity (Wildman–Crippen MR) is 64.9 cm³/mol. The van der Waals surface area contributed by atoms with Gasteiger partial charge in [0.25, 0.3) is 0 Å². The Labute approximate surface area is 98.2 Å². The number of carbonyl (C=O) groups is 1. The minimum absolute atomic E-state index is 0.0982. The molecule has 0 aromatic carbocycles. The SMILES string of the molecule is CC1CCCC(NC(=O)CC(N)C2CC2)C1. The maximum atomic E-state index is 11.8. The van der Waals surface area contributed by atoms with E-state index in [4.69, 9.17) is 5.73 Å². The van der Waals surface area contributed by atoms with Crippen molar-refractivity contribution in [3.63, 3.8) is 0 Å². The maximum Gasteiger partial charge on any atom is 0.221 e. The van der Waals surface area contributed by atoms with E-state index in [9.17, 15) is 4.79 Å². The summed E-state index contributed by atoms with van der Waals surface area (Å²) in [6.07, 6.45) is 7.81. The number of rotatable bonds is 4. The van der Waals surface area contributed by atoms with Crippen molar-refractivity contribution in [1.82, 2.24) is 5.32 Å². The second kappa shape index (κ2) is 5.17. The molecule has 0 saturated heterocycles. The molecule has 1 amide bonds. The molecule has 3 N–H and O–H groups in total. The zero-order chi connectivity index (χ0) is 11.5. The van der Waals surface area contributed by atoms with Gasteiger partial charge in [0.1, 0.15) is 0 Å². The van der Waals surface area contributed by atoms with Crippen LogP contribution in [0.3, 0.4) is 0 Å². The van der Waals surface area contributed by atoms with Gasteiger partial charge in [0.15, 0.2) is 0 Å². The fraction of sp³-hybridized carbons (Fsp3) is 0.923. The predicted octanol–water partition coefficient (Wildman–Crippen LogP) is 1.81. The van der Waals surface area contributed by atoms with Crippen molar-refractivity contribution in [2.75, 3.05) is 0 Å². The topological polar surface area (TPSA) is 55.1 Å². The number of nitrogens with two attached hydrogens (primary N) is 1. The minimum Gasteiger partial charge on any atom is -0.353 e. The smallest absolute Gasteiger partial charge is 0.221 e. The van der Waals surface area contributed by atoms with Gasteiger partial charge in [-0.2, -0.15) is 0 Å². The van der Waals surface area contributed by atoms with Crippen molar-refractivity contribution in [3.8, 4) is 0 Å². The van der Waals surface area contributed by atoms with Gasteiger partial charge in [-0.25, -0.2) is 0 Å². The third-order valence-corrected chi connectivity index (χ3v) is 3.95. The highest BCUT2D eigenvalue weighted by Gasteiger charge is 2.30. The van der Waals surface area contributed by atoms with Crippen molar-refractivity contribution in [3.05, 3.63) is 0 Å². The molecule has 2 rings (SSSR count). The van der Waals surface area contributed by atoms with Gasteiger partial charge in [-0.05, 0) is 37.5 Å². The molecule has 0 radical (unpaired) electrons. The number of nitrogens with one attached hydrogen (secondary N) is 1. The van der Waals surface area contributed by atoms with Crippen LogP contribution in [-0.4, -0.2) is 18.0 Å². The van der Waals surface area contributed by atoms with Gasteiger partial charge in [-0.15, -0.1) is 0 Å². The summed E-state index contributed by atoms with van der Waals surface area (Å²) < 4.78 is 0. The fourth-order valence-corrected chi connectivity index (χ4v) is 2.76. The molecule has 3 nitrogen and oxygen atoms in total. The molecule has 2 fully saturated rings. The van der Waals surface area contributed by atoms with Crippen LogP contribution in [0.25, 0.3) is 0 Å². The summed E-state index contributed by atoms with van der Waals surface area (Å²) in [7, 11) is 0. The van der Waals surface area contributed by atoms with Gasteiger partial charge in [0, 0.05) is 18.5 Å². The highest BCUT2D eigenvalue weighted by atomic mass is 16.1. The second-order valence-electron chi connectivity index (χ2n) is 5.74. The van der Waals surface area contributed by atoms with E-state index < -0.39 is 0 Å². The average Bonchev–Trinajstić information content (AvgIpc) is 2.99. The first kappa shape index (κ1) is 11.9. The number of hydrogen-bond donors (Lipinski definition) is 2. The third kappa shape index (κ3) is 3.48. The van der Waals surface area contributed by atoms with Crippen LogP contribution in [0, 0.1) is 11.8 Å². The Balaban J connectivity index is 1.69. The first-order valence-electron chi connectivity index (χ1n) is 6.70. The molecule has 3 atom stereocenters. The molecule has 0 aromatic rings. The minimum atomic E-state index is 0.0982. The Morgan fingerprint density at radius 3 is 2.75 bits per heavy atom. The molecule has 0 bridgehead atoms. The highest BCUT2D eigenvalue weighted by Crippen LogP contribution is 2.32. The number of amides is 1. The van der Waals surface area contributed by atoms with E-state index >= 15 is 0 Å². The van der Waals surface area contributed by atoms with Gasteiger partial charge in [-0.1, -0.05) is 19.8 Å². The Morgan fingerprint density at radius 1 is 1.38 bits per heavy atom. The summed E-state index contributed by atoms with van der Waals surface area (Å²) in [5.41, 5.74) is 5.95. The van der Waals surface area contributed by atoms with Crippen LogP contribution >= 0.6 is 0 Å². The van der Waals surface area contributed by atoms with Crippen molar-refractivity contribution >= 4 is 5.91 Å². The van der Waals surface area contributed by atoms with E-state index in [2.05, 4.69) is 12.2 Å². The van der Waals surface area contributed by atoms with E-state index in [1.807, 2.05) is 0 Å². The lowest BCUT2D eigenvalue weighted by molar-refractivity contribution is -0.122. The lowest BCUT2D eigenvalue weighted by Gasteiger charge is -2.27. The monoisotopic (exact) mass is 224 g/mol. The van der Waals surface area contributed by atoms with E-state index in [-0.39, 0.29) is 11.9 Å². The lowest BCUT2D eigenvalue weighted by Crippen LogP contribution is -2.41. The second-order valence-corrected chi connectivity index (χ2v) is 5.74. The third-order valence-electron chi connectivity index (χ3n) is 3.95. The maximum absolute atomic E-state index is 11.8. The van der Waals surface area contributed by atoms with Crippen molar-refractivity contribution in [1.29, 1.82) is 0 Å². The van der Waals surface area contributed by atoms with Crippen LogP contribution in [0.5, 0.6) is 0 Å². The molecule has 2 aliphatic rings. The molecule has 2 saturated carbocycles. The quantitative estimate of drug-likeness (QED) is 0.765. The van der Waals surface area contributed by atoms with E-state index in [0.717, 1.165) is 18.8 Å². The van der Waals surface area contributed by atoms with Gasteiger partial charge in [0.05, 0.1) is 0 Å². The molecule has 3 unspecified atom stereocenters. The summed E-state index contributed by atoms with van der Waals surface area (Å²) in [6, 6.07) is 0.503. The average molecular weight is 224 g/mol. The van der Waals surface area contributed by atoms with Crippen molar-refractivity contribution in [2.24, 2.45) is 17.6 Å². The van der Waals surface area contributed by atoms with E-state index in [0.29, 0.717) is 18.4 Å². The molecular weight excluding hydrogens is 200 g/mol. The molecular formula is C13H24N2O. The highest BCUT2D eigenvalue weighted by molar-refractivity contribution is 5.77.